The zero-order valence-corrected chi connectivity index (χ0v) is 12.5. The molecular weight excluding hydrogens is 268 g/mol. The van der Waals surface area contributed by atoms with Crippen LogP contribution in [0.1, 0.15) is 18.4 Å². The summed E-state index contributed by atoms with van der Waals surface area (Å²) in [7, 11) is 0. The van der Waals surface area contributed by atoms with Gasteiger partial charge in [-0.3, -0.25) is 9.69 Å². The summed E-state index contributed by atoms with van der Waals surface area (Å²) in [4.78, 5) is 13.8. The van der Waals surface area contributed by atoms with Crippen molar-refractivity contribution in [1.29, 1.82) is 0 Å². The van der Waals surface area contributed by atoms with Crippen molar-refractivity contribution >= 4 is 5.97 Å². The topological polar surface area (TPSA) is 61.8 Å². The van der Waals surface area contributed by atoms with Crippen LogP contribution in [-0.2, 0) is 9.53 Å². The predicted molar refractivity (Wildman–Crippen MR) is 81.5 cm³/mol. The van der Waals surface area contributed by atoms with Gasteiger partial charge in [0.25, 0.3) is 0 Å². The Kier molecular flexibility index (Phi) is 6.17. The lowest BCUT2D eigenvalue weighted by Crippen LogP contribution is -2.45. The van der Waals surface area contributed by atoms with Crippen molar-refractivity contribution in [1.82, 2.24) is 10.2 Å². The lowest BCUT2D eigenvalue weighted by atomic mass is 9.99. The van der Waals surface area contributed by atoms with E-state index >= 15 is 0 Å². The Morgan fingerprint density at radius 3 is 2.62 bits per heavy atom. The molecule has 1 aromatic rings. The minimum absolute atomic E-state index is 0.258. The zero-order chi connectivity index (χ0) is 15.1. The van der Waals surface area contributed by atoms with E-state index in [1.807, 2.05) is 30.3 Å². The molecular formula is C16H24N2O3. The molecule has 1 aliphatic rings. The molecule has 2 N–H and O–H groups in total. The van der Waals surface area contributed by atoms with Gasteiger partial charge < -0.3 is 15.2 Å². The summed E-state index contributed by atoms with van der Waals surface area (Å²) in [5.74, 6) is -1.29. The van der Waals surface area contributed by atoms with Crippen LogP contribution in [0.3, 0.4) is 0 Å². The highest BCUT2D eigenvalue weighted by Gasteiger charge is 2.21. The third-order valence-corrected chi connectivity index (χ3v) is 3.81. The van der Waals surface area contributed by atoms with Gasteiger partial charge in [0, 0.05) is 32.2 Å². The highest BCUT2D eigenvalue weighted by atomic mass is 16.5. The lowest BCUT2D eigenvalue weighted by molar-refractivity contribution is -0.138. The number of carbonyl (C=O) groups is 1. The maximum Gasteiger partial charge on any atom is 0.312 e. The van der Waals surface area contributed by atoms with Gasteiger partial charge in [-0.2, -0.15) is 0 Å². The van der Waals surface area contributed by atoms with Gasteiger partial charge in [-0.1, -0.05) is 30.3 Å². The molecule has 5 heteroatoms. The normalized spacial score (nSPS) is 19.1. The fourth-order valence-corrected chi connectivity index (χ4v) is 2.59. The molecule has 1 aliphatic heterocycles. The van der Waals surface area contributed by atoms with Gasteiger partial charge in [0.05, 0.1) is 19.1 Å². The first-order valence-electron chi connectivity index (χ1n) is 7.48. The number of nitrogens with zero attached hydrogens (tertiary/aromatic N) is 1. The van der Waals surface area contributed by atoms with Crippen molar-refractivity contribution in [3.05, 3.63) is 35.9 Å². The standard InChI is InChI=1S/C16H24N2O3/c1-13(12-18-7-9-21-10-8-18)17-11-15(16(19)20)14-5-3-2-4-6-14/h2-6,13,15,17H,7-12H2,1H3,(H,19,20). The summed E-state index contributed by atoms with van der Waals surface area (Å²) < 4.78 is 5.33. The molecule has 2 unspecified atom stereocenters. The molecule has 0 saturated carbocycles. The van der Waals surface area contributed by atoms with Crippen LogP contribution in [0.2, 0.25) is 0 Å². The van der Waals surface area contributed by atoms with Gasteiger partial charge in [-0.25, -0.2) is 0 Å². The van der Waals surface area contributed by atoms with E-state index in [2.05, 4.69) is 17.1 Å². The average molecular weight is 292 g/mol. The van der Waals surface area contributed by atoms with Gasteiger partial charge in [-0.15, -0.1) is 0 Å². The highest BCUT2D eigenvalue weighted by Crippen LogP contribution is 2.15. The fraction of sp³-hybridized carbons (Fsp3) is 0.562. The molecule has 0 aliphatic carbocycles. The molecule has 1 aromatic carbocycles. The summed E-state index contributed by atoms with van der Waals surface area (Å²) in [6, 6.07) is 9.65. The number of rotatable bonds is 7. The number of morpholine rings is 1. The summed E-state index contributed by atoms with van der Waals surface area (Å²) in [6.07, 6.45) is 0. The number of ether oxygens (including phenoxy) is 1. The Morgan fingerprint density at radius 1 is 1.33 bits per heavy atom. The molecule has 0 spiro atoms. The van der Waals surface area contributed by atoms with E-state index in [-0.39, 0.29) is 6.04 Å². The van der Waals surface area contributed by atoms with E-state index in [4.69, 9.17) is 4.74 Å². The highest BCUT2D eigenvalue weighted by molar-refractivity contribution is 5.76. The Bertz CT molecular complexity index is 432. The van der Waals surface area contributed by atoms with E-state index in [9.17, 15) is 9.90 Å². The van der Waals surface area contributed by atoms with Crippen LogP contribution >= 0.6 is 0 Å². The van der Waals surface area contributed by atoms with Crippen molar-refractivity contribution in [2.24, 2.45) is 0 Å². The first kappa shape index (κ1) is 15.9. The maximum atomic E-state index is 11.4. The molecule has 1 saturated heterocycles. The molecule has 2 rings (SSSR count). The van der Waals surface area contributed by atoms with E-state index in [0.717, 1.165) is 38.4 Å². The molecule has 116 valence electrons. The first-order valence-corrected chi connectivity index (χ1v) is 7.48. The van der Waals surface area contributed by atoms with Gasteiger partial charge in [0.2, 0.25) is 0 Å². The number of hydrogen-bond donors (Lipinski definition) is 2. The van der Waals surface area contributed by atoms with Gasteiger partial charge in [0.1, 0.15) is 0 Å². The second-order valence-electron chi connectivity index (χ2n) is 5.52. The Labute approximate surface area is 125 Å². The Balaban J connectivity index is 1.82. The van der Waals surface area contributed by atoms with Crippen LogP contribution < -0.4 is 5.32 Å². The molecule has 0 amide bonds. The molecule has 1 heterocycles. The molecule has 5 nitrogen and oxygen atoms in total. The fourth-order valence-electron chi connectivity index (χ4n) is 2.59. The number of aliphatic carboxylic acids is 1. The SMILES string of the molecule is CC(CN1CCOCC1)NCC(C(=O)O)c1ccccc1. The molecule has 21 heavy (non-hydrogen) atoms. The Morgan fingerprint density at radius 2 is 2.00 bits per heavy atom. The van der Waals surface area contributed by atoms with Crippen molar-refractivity contribution in [3.8, 4) is 0 Å². The maximum absolute atomic E-state index is 11.4. The largest absolute Gasteiger partial charge is 0.481 e. The molecule has 2 atom stereocenters. The van der Waals surface area contributed by atoms with Crippen LogP contribution in [-0.4, -0.2) is 61.4 Å². The second-order valence-corrected chi connectivity index (χ2v) is 5.52. The van der Waals surface area contributed by atoms with Gasteiger partial charge in [-0.05, 0) is 12.5 Å². The van der Waals surface area contributed by atoms with Crippen LogP contribution in [0.25, 0.3) is 0 Å². The van der Waals surface area contributed by atoms with Crippen LogP contribution in [0.5, 0.6) is 0 Å². The van der Waals surface area contributed by atoms with Crippen molar-refractivity contribution in [3.63, 3.8) is 0 Å². The number of nitrogens with one attached hydrogen (secondary N) is 1. The Hall–Kier alpha value is -1.43. The minimum atomic E-state index is -0.785. The zero-order valence-electron chi connectivity index (χ0n) is 12.5. The number of carboxylic acid groups (broad SMARTS) is 1. The van der Waals surface area contributed by atoms with E-state index in [0.29, 0.717) is 6.54 Å². The molecule has 0 aromatic heterocycles. The average Bonchev–Trinajstić information content (AvgIpc) is 2.49. The summed E-state index contributed by atoms with van der Waals surface area (Å²) in [6.45, 7) is 6.94. The number of benzene rings is 1. The van der Waals surface area contributed by atoms with Gasteiger partial charge >= 0.3 is 5.97 Å². The summed E-state index contributed by atoms with van der Waals surface area (Å²) in [5.41, 5.74) is 0.844. The van der Waals surface area contributed by atoms with Gasteiger partial charge in [0.15, 0.2) is 0 Å². The summed E-state index contributed by atoms with van der Waals surface area (Å²) in [5, 5.41) is 12.7. The molecule has 0 radical (unpaired) electrons. The smallest absolute Gasteiger partial charge is 0.312 e. The third kappa shape index (κ3) is 5.12. The lowest BCUT2D eigenvalue weighted by Gasteiger charge is -2.29. The van der Waals surface area contributed by atoms with Crippen molar-refractivity contribution in [2.75, 3.05) is 39.4 Å². The van der Waals surface area contributed by atoms with Crippen LogP contribution in [0.4, 0.5) is 0 Å². The third-order valence-electron chi connectivity index (χ3n) is 3.81. The second kappa shape index (κ2) is 8.12. The summed E-state index contributed by atoms with van der Waals surface area (Å²) >= 11 is 0. The first-order chi connectivity index (χ1) is 10.2. The number of carboxylic acids is 1. The van der Waals surface area contributed by atoms with Crippen molar-refractivity contribution < 1.29 is 14.6 Å². The number of hydrogen-bond acceptors (Lipinski definition) is 4. The van der Waals surface area contributed by atoms with E-state index in [1.165, 1.54) is 0 Å². The molecule has 1 fully saturated rings. The monoisotopic (exact) mass is 292 g/mol. The quantitative estimate of drug-likeness (QED) is 0.790. The molecule has 0 bridgehead atoms. The minimum Gasteiger partial charge on any atom is -0.481 e. The van der Waals surface area contributed by atoms with E-state index < -0.39 is 11.9 Å². The van der Waals surface area contributed by atoms with Crippen LogP contribution in [0, 0.1) is 0 Å². The van der Waals surface area contributed by atoms with Crippen LogP contribution in [0.15, 0.2) is 30.3 Å². The van der Waals surface area contributed by atoms with Crippen molar-refractivity contribution in [2.45, 2.75) is 18.9 Å². The predicted octanol–water partition coefficient (Wildman–Crippen LogP) is 1.17. The van der Waals surface area contributed by atoms with E-state index in [1.54, 1.807) is 0 Å².